The molecule has 0 unspecified atom stereocenters. The molecule has 1 aromatic carbocycles. The van der Waals surface area contributed by atoms with Gasteiger partial charge in [0.2, 0.25) is 0 Å². The highest BCUT2D eigenvalue weighted by Gasteiger charge is 1.96. The molecule has 0 amide bonds. The van der Waals surface area contributed by atoms with Crippen LogP contribution in [0.15, 0.2) is 24.3 Å². The van der Waals surface area contributed by atoms with Crippen LogP contribution >= 0.6 is 11.6 Å². The minimum absolute atomic E-state index is 0.672. The zero-order valence-electron chi connectivity index (χ0n) is 8.59. The van der Waals surface area contributed by atoms with Crippen molar-refractivity contribution in [3.8, 4) is 5.75 Å². The Labute approximate surface area is 90.3 Å². The molecule has 0 aliphatic carbocycles. The molecule has 0 heterocycles. The van der Waals surface area contributed by atoms with Crippen LogP contribution in [0, 0.1) is 6.92 Å². The third-order valence-electron chi connectivity index (χ3n) is 2.00. The molecule has 0 aliphatic heterocycles. The zero-order chi connectivity index (χ0) is 10.4. The number of rotatable bonds is 4. The summed E-state index contributed by atoms with van der Waals surface area (Å²) < 4.78 is 5.18. The van der Waals surface area contributed by atoms with E-state index in [9.17, 15) is 0 Å². The van der Waals surface area contributed by atoms with Crippen LogP contribution in [-0.2, 0) is 0 Å². The summed E-state index contributed by atoms with van der Waals surface area (Å²) in [4.78, 5) is 0. The zero-order valence-corrected chi connectivity index (χ0v) is 9.34. The van der Waals surface area contributed by atoms with E-state index in [2.05, 4.69) is 18.2 Å². The molecule has 14 heavy (non-hydrogen) atoms. The summed E-state index contributed by atoms with van der Waals surface area (Å²) in [6, 6.07) is 6.12. The average molecular weight is 211 g/mol. The summed E-state index contributed by atoms with van der Waals surface area (Å²) in [6.45, 7) is 2.04. The second-order valence-electron chi connectivity index (χ2n) is 3.11. The first-order valence-corrected chi connectivity index (χ1v) is 5.18. The normalized spacial score (nSPS) is 10.8. The molecule has 0 aromatic heterocycles. The Morgan fingerprint density at radius 2 is 2.21 bits per heavy atom. The van der Waals surface area contributed by atoms with Gasteiger partial charge >= 0.3 is 0 Å². The Morgan fingerprint density at radius 3 is 2.79 bits per heavy atom. The molecular weight excluding hydrogens is 196 g/mol. The number of allylic oxidation sites excluding steroid dienone is 1. The number of halogens is 1. The first-order valence-electron chi connectivity index (χ1n) is 4.65. The van der Waals surface area contributed by atoms with Gasteiger partial charge < -0.3 is 4.74 Å². The summed E-state index contributed by atoms with van der Waals surface area (Å²) in [7, 11) is 1.69. The summed E-state index contributed by atoms with van der Waals surface area (Å²) in [5.41, 5.74) is 2.34. The van der Waals surface area contributed by atoms with Crippen molar-refractivity contribution < 1.29 is 4.74 Å². The molecule has 0 fully saturated rings. The van der Waals surface area contributed by atoms with E-state index in [4.69, 9.17) is 16.3 Å². The first kappa shape index (κ1) is 11.1. The SMILES string of the molecule is COc1ccc(/C=C/CCCl)cc1C. The van der Waals surface area contributed by atoms with Gasteiger partial charge in [0.05, 0.1) is 7.11 Å². The maximum atomic E-state index is 5.58. The monoisotopic (exact) mass is 210 g/mol. The van der Waals surface area contributed by atoms with Gasteiger partial charge in [0.15, 0.2) is 0 Å². The molecule has 0 spiro atoms. The van der Waals surface area contributed by atoms with Crippen molar-refractivity contribution in [2.24, 2.45) is 0 Å². The Morgan fingerprint density at radius 1 is 1.43 bits per heavy atom. The number of hydrogen-bond acceptors (Lipinski definition) is 1. The molecule has 1 nitrogen and oxygen atoms in total. The Hall–Kier alpha value is -0.950. The van der Waals surface area contributed by atoms with E-state index in [0.717, 1.165) is 17.7 Å². The first-order chi connectivity index (χ1) is 6.77. The van der Waals surface area contributed by atoms with E-state index in [0.29, 0.717) is 5.88 Å². The maximum absolute atomic E-state index is 5.58. The van der Waals surface area contributed by atoms with Gasteiger partial charge in [-0.2, -0.15) is 0 Å². The van der Waals surface area contributed by atoms with Gasteiger partial charge in [-0.25, -0.2) is 0 Å². The second kappa shape index (κ2) is 5.71. The molecule has 1 rings (SSSR count). The fraction of sp³-hybridized carbons (Fsp3) is 0.333. The van der Waals surface area contributed by atoms with Gasteiger partial charge in [0, 0.05) is 5.88 Å². The van der Waals surface area contributed by atoms with Crippen LogP contribution in [-0.4, -0.2) is 13.0 Å². The van der Waals surface area contributed by atoms with Crippen LogP contribution in [0.4, 0.5) is 0 Å². The summed E-state index contributed by atoms with van der Waals surface area (Å²) in [5, 5.41) is 0. The highest BCUT2D eigenvalue weighted by atomic mass is 35.5. The molecule has 0 saturated carbocycles. The molecule has 2 heteroatoms. The van der Waals surface area contributed by atoms with Crippen molar-refractivity contribution in [2.45, 2.75) is 13.3 Å². The van der Waals surface area contributed by atoms with Gasteiger partial charge in [-0.1, -0.05) is 18.2 Å². The van der Waals surface area contributed by atoms with Gasteiger partial charge in [-0.3, -0.25) is 0 Å². The molecular formula is C12H15ClO. The lowest BCUT2D eigenvalue weighted by Gasteiger charge is -2.04. The van der Waals surface area contributed by atoms with Crippen LogP contribution in [0.25, 0.3) is 6.08 Å². The molecule has 1 aromatic rings. The van der Waals surface area contributed by atoms with Crippen LogP contribution in [0.3, 0.4) is 0 Å². The highest BCUT2D eigenvalue weighted by molar-refractivity contribution is 6.17. The summed E-state index contributed by atoms with van der Waals surface area (Å²) in [5.74, 6) is 1.60. The molecule has 0 radical (unpaired) electrons. The van der Waals surface area contributed by atoms with Crippen LogP contribution < -0.4 is 4.74 Å². The van der Waals surface area contributed by atoms with Gasteiger partial charge in [0.25, 0.3) is 0 Å². The van der Waals surface area contributed by atoms with Crippen molar-refractivity contribution in [2.75, 3.05) is 13.0 Å². The lowest BCUT2D eigenvalue weighted by atomic mass is 10.1. The van der Waals surface area contributed by atoms with Crippen molar-refractivity contribution in [3.63, 3.8) is 0 Å². The van der Waals surface area contributed by atoms with Crippen molar-refractivity contribution in [3.05, 3.63) is 35.4 Å². The van der Waals surface area contributed by atoms with Crippen LogP contribution in [0.1, 0.15) is 17.5 Å². The summed E-state index contributed by atoms with van der Waals surface area (Å²) in [6.07, 6.45) is 5.07. The van der Waals surface area contributed by atoms with E-state index in [1.807, 2.05) is 19.1 Å². The lowest BCUT2D eigenvalue weighted by molar-refractivity contribution is 0.411. The number of aryl methyl sites for hydroxylation is 1. The van der Waals surface area contributed by atoms with E-state index in [-0.39, 0.29) is 0 Å². The quantitative estimate of drug-likeness (QED) is 0.690. The average Bonchev–Trinajstić information content (AvgIpc) is 2.18. The lowest BCUT2D eigenvalue weighted by Crippen LogP contribution is -1.86. The maximum Gasteiger partial charge on any atom is 0.121 e. The van der Waals surface area contributed by atoms with E-state index >= 15 is 0 Å². The molecule has 0 N–H and O–H groups in total. The standard InChI is InChI=1S/C12H15ClO/c1-10-9-11(5-3-4-8-13)6-7-12(10)14-2/h3,5-7,9H,4,8H2,1-2H3/b5-3+. The minimum atomic E-state index is 0.672. The van der Waals surface area contributed by atoms with Crippen molar-refractivity contribution in [1.82, 2.24) is 0 Å². The van der Waals surface area contributed by atoms with Crippen LogP contribution in [0.2, 0.25) is 0 Å². The fourth-order valence-electron chi connectivity index (χ4n) is 1.29. The van der Waals surface area contributed by atoms with E-state index in [1.54, 1.807) is 7.11 Å². The van der Waals surface area contributed by atoms with E-state index in [1.165, 1.54) is 5.56 Å². The number of hydrogen-bond donors (Lipinski definition) is 0. The predicted molar refractivity (Wildman–Crippen MR) is 62.1 cm³/mol. The van der Waals surface area contributed by atoms with E-state index < -0.39 is 0 Å². The van der Waals surface area contributed by atoms with Crippen molar-refractivity contribution >= 4 is 17.7 Å². The largest absolute Gasteiger partial charge is 0.496 e. The molecule has 0 saturated heterocycles. The topological polar surface area (TPSA) is 9.23 Å². The molecule has 0 bridgehead atoms. The number of alkyl halides is 1. The molecule has 0 atom stereocenters. The van der Waals surface area contributed by atoms with Gasteiger partial charge in [-0.15, -0.1) is 11.6 Å². The predicted octanol–water partition coefficient (Wildman–Crippen LogP) is 3.65. The Kier molecular flexibility index (Phi) is 4.54. The van der Waals surface area contributed by atoms with Gasteiger partial charge in [-0.05, 0) is 36.6 Å². The molecule has 0 aliphatic rings. The Balaban J connectivity index is 2.76. The fourth-order valence-corrected chi connectivity index (χ4v) is 1.41. The van der Waals surface area contributed by atoms with Gasteiger partial charge in [0.1, 0.15) is 5.75 Å². The molecule has 76 valence electrons. The Bertz CT molecular complexity index is 318. The third kappa shape index (κ3) is 3.08. The number of methoxy groups -OCH3 is 1. The minimum Gasteiger partial charge on any atom is -0.496 e. The van der Waals surface area contributed by atoms with Crippen LogP contribution in [0.5, 0.6) is 5.75 Å². The van der Waals surface area contributed by atoms with Crippen molar-refractivity contribution in [1.29, 1.82) is 0 Å². The smallest absolute Gasteiger partial charge is 0.121 e. The highest BCUT2D eigenvalue weighted by Crippen LogP contribution is 2.19. The third-order valence-corrected chi connectivity index (χ3v) is 2.22. The number of ether oxygens (including phenoxy) is 1. The number of benzene rings is 1. The second-order valence-corrected chi connectivity index (χ2v) is 3.49. The summed E-state index contributed by atoms with van der Waals surface area (Å²) >= 11 is 5.58.